The molecule has 0 radical (unpaired) electrons. The number of fused-ring (bicyclic) bond motifs is 2. The summed E-state index contributed by atoms with van der Waals surface area (Å²) in [4.78, 5) is 15.9. The molecule has 1 aliphatic rings. The number of carbonyl (C=O) groups excluding carboxylic acids is 1. The molecule has 0 fully saturated rings. The molecule has 3 heterocycles. The number of halogens is 5. The Morgan fingerprint density at radius 3 is 2.56 bits per heavy atom. The third-order valence-corrected chi connectivity index (χ3v) is 6.26. The average Bonchev–Trinajstić information content (AvgIpc) is 3.40. The molecule has 5 rings (SSSR count). The van der Waals surface area contributed by atoms with Crippen LogP contribution < -0.4 is 10.6 Å². The van der Waals surface area contributed by atoms with Crippen molar-refractivity contribution in [2.75, 3.05) is 5.32 Å². The molecule has 0 saturated carbocycles. The second-order valence-corrected chi connectivity index (χ2v) is 8.98. The molecule has 1 aliphatic heterocycles. The van der Waals surface area contributed by atoms with Crippen LogP contribution in [0.1, 0.15) is 40.3 Å². The van der Waals surface area contributed by atoms with Crippen LogP contribution in [0.3, 0.4) is 0 Å². The number of carbonyl (C=O) groups is 1. The Hall–Kier alpha value is -3.17. The van der Waals surface area contributed by atoms with E-state index in [0.29, 0.717) is 15.6 Å². The largest absolute Gasteiger partial charge is 0.410 e. The van der Waals surface area contributed by atoms with E-state index in [0.717, 1.165) is 21.3 Å². The molecule has 176 valence electrons. The summed E-state index contributed by atoms with van der Waals surface area (Å²) in [6.07, 6.45) is -4.80. The zero-order chi connectivity index (χ0) is 24.0. The second kappa shape index (κ2) is 8.56. The van der Waals surface area contributed by atoms with E-state index in [-0.39, 0.29) is 24.5 Å². The van der Waals surface area contributed by atoms with Gasteiger partial charge in [0.25, 0.3) is 5.91 Å². The lowest BCUT2D eigenvalue weighted by molar-refractivity contribution is -0.173. The van der Waals surface area contributed by atoms with Gasteiger partial charge in [0.2, 0.25) is 0 Å². The van der Waals surface area contributed by atoms with Gasteiger partial charge < -0.3 is 15.6 Å². The van der Waals surface area contributed by atoms with E-state index in [1.165, 1.54) is 6.07 Å². The average molecular weight is 508 g/mol. The minimum Gasteiger partial charge on any atom is -0.363 e. The summed E-state index contributed by atoms with van der Waals surface area (Å²) in [6, 6.07) is 12.7. The number of nitrogens with zero attached hydrogens (tertiary/aromatic N) is 2. The van der Waals surface area contributed by atoms with E-state index in [1.54, 1.807) is 36.4 Å². The maximum Gasteiger partial charge on any atom is 0.410 e. The van der Waals surface area contributed by atoms with Crippen LogP contribution in [0.2, 0.25) is 10.0 Å². The van der Waals surface area contributed by atoms with E-state index >= 15 is 0 Å². The van der Waals surface area contributed by atoms with Gasteiger partial charge in [0.05, 0.1) is 12.6 Å². The van der Waals surface area contributed by atoms with Crippen LogP contribution in [0, 0.1) is 0 Å². The molecule has 2 atom stereocenters. The monoisotopic (exact) mass is 507 g/mol. The fraction of sp³-hybridized carbons (Fsp3) is 0.217. The third-order valence-electron chi connectivity index (χ3n) is 5.77. The van der Waals surface area contributed by atoms with Crippen molar-refractivity contribution in [2.45, 2.75) is 31.2 Å². The Kier molecular flexibility index (Phi) is 5.69. The number of amides is 1. The third kappa shape index (κ3) is 4.45. The molecule has 3 N–H and O–H groups in total. The van der Waals surface area contributed by atoms with Gasteiger partial charge in [-0.2, -0.15) is 18.3 Å². The first kappa shape index (κ1) is 22.6. The molecule has 2 aromatic carbocycles. The van der Waals surface area contributed by atoms with Crippen molar-refractivity contribution in [3.05, 3.63) is 81.6 Å². The maximum atomic E-state index is 13.9. The van der Waals surface area contributed by atoms with Crippen LogP contribution >= 0.6 is 23.2 Å². The summed E-state index contributed by atoms with van der Waals surface area (Å²) in [5, 5.41) is 11.7. The Morgan fingerprint density at radius 1 is 1.09 bits per heavy atom. The number of nitrogens with one attached hydrogen (secondary N) is 3. The number of H-pyrrole nitrogens is 1. The number of benzene rings is 2. The molecule has 6 nitrogen and oxygen atoms in total. The van der Waals surface area contributed by atoms with Gasteiger partial charge in [0, 0.05) is 39.1 Å². The van der Waals surface area contributed by atoms with Crippen molar-refractivity contribution >= 4 is 45.8 Å². The Balaban J connectivity index is 1.36. The van der Waals surface area contributed by atoms with Gasteiger partial charge >= 0.3 is 6.18 Å². The van der Waals surface area contributed by atoms with Gasteiger partial charge in [-0.25, -0.2) is 4.68 Å². The number of hydrogen-bond acceptors (Lipinski definition) is 3. The van der Waals surface area contributed by atoms with Crippen molar-refractivity contribution in [3.8, 4) is 0 Å². The fourth-order valence-corrected chi connectivity index (χ4v) is 4.43. The topological polar surface area (TPSA) is 74.7 Å². The SMILES string of the molecule is O=C(NCc1cc2cc(Cl)ccc2[nH]1)c1cc2n(n1)[C@H](C(F)(F)F)C[C@H](c1ccc(Cl)cc1)N2. The Labute approximate surface area is 202 Å². The molecule has 0 aliphatic carbocycles. The smallest absolute Gasteiger partial charge is 0.363 e. The van der Waals surface area contributed by atoms with Crippen molar-refractivity contribution in [1.29, 1.82) is 0 Å². The van der Waals surface area contributed by atoms with Gasteiger partial charge in [0.15, 0.2) is 11.7 Å². The predicted molar refractivity (Wildman–Crippen MR) is 124 cm³/mol. The quantitative estimate of drug-likeness (QED) is 0.305. The molecule has 0 spiro atoms. The van der Waals surface area contributed by atoms with Crippen molar-refractivity contribution < 1.29 is 18.0 Å². The maximum absolute atomic E-state index is 13.9. The zero-order valence-electron chi connectivity index (χ0n) is 17.5. The highest BCUT2D eigenvalue weighted by molar-refractivity contribution is 6.31. The van der Waals surface area contributed by atoms with Crippen LogP contribution in [0.5, 0.6) is 0 Å². The molecule has 0 bridgehead atoms. The Morgan fingerprint density at radius 2 is 1.82 bits per heavy atom. The van der Waals surface area contributed by atoms with Gasteiger partial charge in [0.1, 0.15) is 5.82 Å². The molecule has 1 amide bonds. The van der Waals surface area contributed by atoms with Crippen LogP contribution in [0.15, 0.2) is 54.6 Å². The van der Waals surface area contributed by atoms with Crippen molar-refractivity contribution in [1.82, 2.24) is 20.1 Å². The standard InChI is InChI=1S/C23H18Cl2F3N5O/c24-14-3-1-12(2-4-14)18-9-20(23(26,27)28)33-21(31-18)10-19(32-33)22(34)29-11-16-8-13-7-15(25)5-6-17(13)30-16/h1-8,10,18,20,30-31H,9,11H2,(H,29,34)/t18-,20+/m1/s1. The second-order valence-electron chi connectivity index (χ2n) is 8.11. The number of anilines is 1. The number of hydrogen-bond donors (Lipinski definition) is 3. The lowest BCUT2D eigenvalue weighted by Gasteiger charge is -2.33. The van der Waals surface area contributed by atoms with E-state index in [1.807, 2.05) is 12.1 Å². The zero-order valence-corrected chi connectivity index (χ0v) is 19.0. The van der Waals surface area contributed by atoms with Gasteiger partial charge in [-0.05, 0) is 42.0 Å². The molecule has 2 aromatic heterocycles. The fourth-order valence-electron chi connectivity index (χ4n) is 4.12. The van der Waals surface area contributed by atoms with Crippen LogP contribution in [-0.2, 0) is 6.54 Å². The Bertz CT molecular complexity index is 1360. The number of rotatable bonds is 4. The highest BCUT2D eigenvalue weighted by atomic mass is 35.5. The van der Waals surface area contributed by atoms with E-state index < -0.39 is 24.2 Å². The summed E-state index contributed by atoms with van der Waals surface area (Å²) in [7, 11) is 0. The summed E-state index contributed by atoms with van der Waals surface area (Å²) in [5.74, 6) is -0.455. The molecule has 4 aromatic rings. The first-order valence-electron chi connectivity index (χ1n) is 10.4. The summed E-state index contributed by atoms with van der Waals surface area (Å²) in [6.45, 7) is 0.150. The van der Waals surface area contributed by atoms with E-state index in [9.17, 15) is 18.0 Å². The van der Waals surface area contributed by atoms with E-state index in [4.69, 9.17) is 23.2 Å². The van der Waals surface area contributed by atoms with Crippen LogP contribution in [-0.4, -0.2) is 26.8 Å². The summed E-state index contributed by atoms with van der Waals surface area (Å²) >= 11 is 11.9. The van der Waals surface area contributed by atoms with Crippen LogP contribution in [0.4, 0.5) is 19.0 Å². The number of alkyl halides is 3. The lowest BCUT2D eigenvalue weighted by atomic mass is 9.97. The predicted octanol–water partition coefficient (Wildman–Crippen LogP) is 6.26. The number of aromatic amines is 1. The highest BCUT2D eigenvalue weighted by Gasteiger charge is 2.46. The number of aromatic nitrogens is 3. The molecular weight excluding hydrogens is 490 g/mol. The molecule has 0 unspecified atom stereocenters. The van der Waals surface area contributed by atoms with Crippen molar-refractivity contribution in [3.63, 3.8) is 0 Å². The molecule has 11 heteroatoms. The van der Waals surface area contributed by atoms with Crippen molar-refractivity contribution in [2.24, 2.45) is 0 Å². The normalized spacial score (nSPS) is 17.9. The van der Waals surface area contributed by atoms with Gasteiger partial charge in [-0.1, -0.05) is 35.3 Å². The van der Waals surface area contributed by atoms with Crippen LogP contribution in [0.25, 0.3) is 10.9 Å². The molecule has 0 saturated heterocycles. The highest BCUT2D eigenvalue weighted by Crippen LogP contribution is 2.43. The minimum atomic E-state index is -4.53. The summed E-state index contributed by atoms with van der Waals surface area (Å²) < 4.78 is 42.4. The lowest BCUT2D eigenvalue weighted by Crippen LogP contribution is -2.35. The first-order valence-corrected chi connectivity index (χ1v) is 11.2. The van der Waals surface area contributed by atoms with Gasteiger partial charge in [-0.3, -0.25) is 4.79 Å². The molecule has 34 heavy (non-hydrogen) atoms. The first-order chi connectivity index (χ1) is 16.2. The van der Waals surface area contributed by atoms with E-state index in [2.05, 4.69) is 20.7 Å². The van der Waals surface area contributed by atoms with Gasteiger partial charge in [-0.15, -0.1) is 0 Å². The minimum absolute atomic E-state index is 0.104. The summed E-state index contributed by atoms with van der Waals surface area (Å²) in [5.41, 5.74) is 2.14. The molecular formula is C23H18Cl2F3N5O.